The maximum atomic E-state index is 5.62. The van der Waals surface area contributed by atoms with Gasteiger partial charge in [-0.05, 0) is 38.6 Å². The van der Waals surface area contributed by atoms with Gasteiger partial charge in [-0.3, -0.25) is 0 Å². The van der Waals surface area contributed by atoms with E-state index in [0.29, 0.717) is 6.10 Å². The second-order valence-electron chi connectivity index (χ2n) is 4.57. The van der Waals surface area contributed by atoms with Crippen molar-refractivity contribution in [3.05, 3.63) is 0 Å². The summed E-state index contributed by atoms with van der Waals surface area (Å²) in [6, 6.07) is 0.274. The highest BCUT2D eigenvalue weighted by atomic mass is 16.7. The van der Waals surface area contributed by atoms with Gasteiger partial charge >= 0.3 is 0 Å². The van der Waals surface area contributed by atoms with Crippen molar-refractivity contribution in [1.82, 2.24) is 5.32 Å². The summed E-state index contributed by atoms with van der Waals surface area (Å²) in [6.45, 7) is 3.99. The van der Waals surface area contributed by atoms with Gasteiger partial charge in [0.15, 0.2) is 6.29 Å². The molecule has 1 aliphatic rings. The van der Waals surface area contributed by atoms with Gasteiger partial charge in [0.05, 0.1) is 12.1 Å². The van der Waals surface area contributed by atoms with Gasteiger partial charge in [-0.2, -0.15) is 0 Å². The molecule has 4 heteroatoms. The molecule has 2 atom stereocenters. The molecule has 4 nitrogen and oxygen atoms in total. The minimum atomic E-state index is -0.153. The van der Waals surface area contributed by atoms with Gasteiger partial charge in [0.25, 0.3) is 0 Å². The molecule has 0 aromatic carbocycles. The summed E-state index contributed by atoms with van der Waals surface area (Å²) in [5.74, 6) is 0. The summed E-state index contributed by atoms with van der Waals surface area (Å²) in [7, 11) is 3.39. The smallest absolute Gasteiger partial charge is 0.171 e. The lowest BCUT2D eigenvalue weighted by Crippen LogP contribution is -2.42. The summed E-state index contributed by atoms with van der Waals surface area (Å²) in [5.41, 5.74) is 0. The predicted molar refractivity (Wildman–Crippen MR) is 68.1 cm³/mol. The molecule has 0 spiro atoms. The average molecular weight is 245 g/mol. The molecule has 1 fully saturated rings. The summed E-state index contributed by atoms with van der Waals surface area (Å²) in [4.78, 5) is 0. The standard InChI is InChI=1S/C13H27NO3/c1-4-14-12(13(15-2)16-3)9-5-7-11-8-6-10-17-11/h11-14H,4-10H2,1-3H3. The van der Waals surface area contributed by atoms with Gasteiger partial charge in [-0.15, -0.1) is 0 Å². The van der Waals surface area contributed by atoms with Crippen LogP contribution in [0, 0.1) is 0 Å². The Balaban J connectivity index is 2.22. The van der Waals surface area contributed by atoms with Gasteiger partial charge in [-0.1, -0.05) is 6.92 Å². The third-order valence-electron chi connectivity index (χ3n) is 3.32. The maximum absolute atomic E-state index is 5.62. The van der Waals surface area contributed by atoms with Crippen LogP contribution in [0.2, 0.25) is 0 Å². The second-order valence-corrected chi connectivity index (χ2v) is 4.57. The van der Waals surface area contributed by atoms with Crippen LogP contribution in [0.15, 0.2) is 0 Å². The fraction of sp³-hybridized carbons (Fsp3) is 1.00. The number of hydrogen-bond acceptors (Lipinski definition) is 4. The van der Waals surface area contributed by atoms with Crippen molar-refractivity contribution >= 4 is 0 Å². The number of rotatable bonds is 9. The van der Waals surface area contributed by atoms with E-state index in [1.807, 2.05) is 0 Å². The van der Waals surface area contributed by atoms with E-state index in [4.69, 9.17) is 14.2 Å². The van der Waals surface area contributed by atoms with Crippen molar-refractivity contribution in [3.8, 4) is 0 Å². The molecule has 0 radical (unpaired) electrons. The van der Waals surface area contributed by atoms with Crippen molar-refractivity contribution in [1.29, 1.82) is 0 Å². The van der Waals surface area contributed by atoms with Crippen LogP contribution < -0.4 is 5.32 Å². The highest BCUT2D eigenvalue weighted by Crippen LogP contribution is 2.19. The average Bonchev–Trinajstić information content (AvgIpc) is 2.83. The van der Waals surface area contributed by atoms with Gasteiger partial charge < -0.3 is 19.5 Å². The van der Waals surface area contributed by atoms with E-state index in [1.165, 1.54) is 12.8 Å². The van der Waals surface area contributed by atoms with Crippen LogP contribution in [0.3, 0.4) is 0 Å². The molecule has 17 heavy (non-hydrogen) atoms. The monoisotopic (exact) mass is 245 g/mol. The number of ether oxygens (including phenoxy) is 3. The topological polar surface area (TPSA) is 39.7 Å². The predicted octanol–water partition coefficient (Wildman–Crippen LogP) is 1.93. The summed E-state index contributed by atoms with van der Waals surface area (Å²) < 4.78 is 16.3. The molecule has 1 rings (SSSR count). The molecule has 1 N–H and O–H groups in total. The lowest BCUT2D eigenvalue weighted by Gasteiger charge is -2.25. The van der Waals surface area contributed by atoms with Crippen LogP contribution in [0.1, 0.15) is 39.0 Å². The van der Waals surface area contributed by atoms with E-state index in [2.05, 4.69) is 12.2 Å². The molecular formula is C13H27NO3. The Kier molecular flexibility index (Phi) is 7.77. The lowest BCUT2D eigenvalue weighted by atomic mass is 10.0. The number of methoxy groups -OCH3 is 2. The molecule has 0 amide bonds. The fourth-order valence-electron chi connectivity index (χ4n) is 2.46. The molecular weight excluding hydrogens is 218 g/mol. The molecule has 2 unspecified atom stereocenters. The first-order valence-electron chi connectivity index (χ1n) is 6.72. The molecule has 0 saturated carbocycles. The molecule has 0 bridgehead atoms. The van der Waals surface area contributed by atoms with Crippen LogP contribution in [0.4, 0.5) is 0 Å². The SMILES string of the molecule is CCNC(CCCC1CCCO1)C(OC)OC. The van der Waals surface area contributed by atoms with E-state index < -0.39 is 0 Å². The Morgan fingerprint density at radius 1 is 1.35 bits per heavy atom. The van der Waals surface area contributed by atoms with Crippen LogP contribution in [0.5, 0.6) is 0 Å². The zero-order valence-corrected chi connectivity index (χ0v) is 11.4. The molecule has 1 heterocycles. The first-order chi connectivity index (χ1) is 8.31. The van der Waals surface area contributed by atoms with Crippen molar-refractivity contribution in [3.63, 3.8) is 0 Å². The third-order valence-corrected chi connectivity index (χ3v) is 3.32. The summed E-state index contributed by atoms with van der Waals surface area (Å²) >= 11 is 0. The van der Waals surface area contributed by atoms with Crippen LogP contribution in [-0.2, 0) is 14.2 Å². The normalized spacial score (nSPS) is 22.2. The van der Waals surface area contributed by atoms with E-state index in [-0.39, 0.29) is 12.3 Å². The van der Waals surface area contributed by atoms with Crippen LogP contribution in [-0.4, -0.2) is 45.8 Å². The fourth-order valence-corrected chi connectivity index (χ4v) is 2.46. The molecule has 1 saturated heterocycles. The number of hydrogen-bond donors (Lipinski definition) is 1. The minimum absolute atomic E-state index is 0.153. The van der Waals surface area contributed by atoms with E-state index in [1.54, 1.807) is 14.2 Å². The first-order valence-corrected chi connectivity index (χ1v) is 6.72. The summed E-state index contributed by atoms with van der Waals surface area (Å²) in [6.07, 6.45) is 6.16. The first kappa shape index (κ1) is 14.9. The highest BCUT2D eigenvalue weighted by molar-refractivity contribution is 4.72. The quantitative estimate of drug-likeness (QED) is 0.630. The van der Waals surface area contributed by atoms with E-state index >= 15 is 0 Å². The van der Waals surface area contributed by atoms with Gasteiger partial charge in [0.2, 0.25) is 0 Å². The van der Waals surface area contributed by atoms with Crippen molar-refractivity contribution in [2.24, 2.45) is 0 Å². The van der Waals surface area contributed by atoms with E-state index in [9.17, 15) is 0 Å². The molecule has 0 aromatic rings. The largest absolute Gasteiger partial charge is 0.378 e. The summed E-state index contributed by atoms with van der Waals surface area (Å²) in [5, 5.41) is 3.42. The Labute approximate surface area is 105 Å². The zero-order valence-electron chi connectivity index (χ0n) is 11.4. The van der Waals surface area contributed by atoms with Gasteiger partial charge in [0.1, 0.15) is 0 Å². The van der Waals surface area contributed by atoms with Gasteiger partial charge in [0, 0.05) is 20.8 Å². The Morgan fingerprint density at radius 2 is 2.12 bits per heavy atom. The Hall–Kier alpha value is -0.160. The lowest BCUT2D eigenvalue weighted by molar-refractivity contribution is -0.124. The molecule has 0 aliphatic carbocycles. The van der Waals surface area contributed by atoms with Crippen molar-refractivity contribution < 1.29 is 14.2 Å². The number of likely N-dealkylation sites (N-methyl/N-ethyl adjacent to an activating group) is 1. The zero-order chi connectivity index (χ0) is 12.5. The minimum Gasteiger partial charge on any atom is -0.378 e. The maximum Gasteiger partial charge on any atom is 0.171 e. The van der Waals surface area contributed by atoms with E-state index in [0.717, 1.165) is 32.4 Å². The number of nitrogens with one attached hydrogen (secondary N) is 1. The Morgan fingerprint density at radius 3 is 2.65 bits per heavy atom. The van der Waals surface area contributed by atoms with Crippen molar-refractivity contribution in [2.45, 2.75) is 57.5 Å². The molecule has 1 aliphatic heterocycles. The third kappa shape index (κ3) is 5.34. The van der Waals surface area contributed by atoms with Crippen molar-refractivity contribution in [2.75, 3.05) is 27.4 Å². The molecule has 102 valence electrons. The highest BCUT2D eigenvalue weighted by Gasteiger charge is 2.21. The van der Waals surface area contributed by atoms with Crippen LogP contribution >= 0.6 is 0 Å². The Bertz CT molecular complexity index is 180. The van der Waals surface area contributed by atoms with Crippen LogP contribution in [0.25, 0.3) is 0 Å². The molecule has 0 aromatic heterocycles. The van der Waals surface area contributed by atoms with Gasteiger partial charge in [-0.25, -0.2) is 0 Å². The second kappa shape index (κ2) is 8.86.